The van der Waals surface area contributed by atoms with Gasteiger partial charge in [-0.05, 0) is 0 Å². The SMILES string of the molecule is CC(C)[C@@H](CSC([Se])=NC[C@H](Cc1ccccc1)NC(=O)OCc1ccccc1)NC(=O)OCC1c2ccccc2-c2ccccc21. The van der Waals surface area contributed by atoms with Crippen molar-refractivity contribution in [2.24, 2.45) is 10.9 Å². The summed E-state index contributed by atoms with van der Waals surface area (Å²) in [6.07, 6.45) is -0.293. The first-order chi connectivity index (χ1) is 22.9. The Morgan fingerprint density at radius 1 is 0.766 bits per heavy atom. The molecule has 243 valence electrons. The zero-order valence-electron chi connectivity index (χ0n) is 26.6. The number of hydrogen-bond acceptors (Lipinski definition) is 6. The standard InChI is InChI=1S/C38H40N3O4SSe/c1-26(2)35(41-37(43)45-24-34-32-19-11-9-17-30(32)31-18-10-12-20-33(31)34)25-46-38(47)39-22-29(21-27-13-5-3-6-14-27)40-36(42)44-23-28-15-7-4-8-16-28/h3-20,26,29,34-35H,21-25H2,1-2H3,(H,40,42)(H,41,43)/t29-,35+/m0/s1. The van der Waals surface area contributed by atoms with Gasteiger partial charge in [-0.25, -0.2) is 0 Å². The third-order valence-electron chi connectivity index (χ3n) is 8.14. The molecule has 4 aromatic carbocycles. The molecule has 5 rings (SSSR count). The third kappa shape index (κ3) is 9.97. The molecule has 0 unspecified atom stereocenters. The summed E-state index contributed by atoms with van der Waals surface area (Å²) in [6, 6.07) is 35.8. The monoisotopic (exact) mass is 714 g/mol. The van der Waals surface area contributed by atoms with Crippen LogP contribution in [0.15, 0.2) is 114 Å². The summed E-state index contributed by atoms with van der Waals surface area (Å²) in [7, 11) is 0. The van der Waals surface area contributed by atoms with Crippen LogP contribution in [-0.2, 0) is 22.5 Å². The van der Waals surface area contributed by atoms with E-state index in [0.29, 0.717) is 18.7 Å². The van der Waals surface area contributed by atoms with Crippen LogP contribution >= 0.6 is 11.8 Å². The molecule has 0 saturated heterocycles. The summed E-state index contributed by atoms with van der Waals surface area (Å²) < 4.78 is 12.0. The number of nitrogens with zero attached hydrogens (tertiary/aromatic N) is 1. The Kier molecular flexibility index (Phi) is 12.6. The maximum atomic E-state index is 13.0. The molecule has 0 saturated carbocycles. The number of ether oxygens (including phenoxy) is 2. The van der Waals surface area contributed by atoms with E-state index in [1.807, 2.05) is 84.9 Å². The first-order valence-corrected chi connectivity index (χ1v) is 17.7. The number of benzene rings is 4. The summed E-state index contributed by atoms with van der Waals surface area (Å²) in [5, 5.41) is 6.06. The van der Waals surface area contributed by atoms with Crippen LogP contribution in [0.2, 0.25) is 0 Å². The van der Waals surface area contributed by atoms with Gasteiger partial charge in [-0.15, -0.1) is 0 Å². The first kappa shape index (κ1) is 34.3. The van der Waals surface area contributed by atoms with E-state index in [1.165, 1.54) is 34.0 Å². The van der Waals surface area contributed by atoms with E-state index in [4.69, 9.17) is 14.5 Å². The van der Waals surface area contributed by atoms with Crippen molar-refractivity contribution in [1.82, 2.24) is 10.6 Å². The van der Waals surface area contributed by atoms with Gasteiger partial charge in [0.25, 0.3) is 0 Å². The van der Waals surface area contributed by atoms with Crippen LogP contribution in [0.1, 0.15) is 42.0 Å². The van der Waals surface area contributed by atoms with Crippen molar-refractivity contribution >= 4 is 43.9 Å². The molecule has 9 heteroatoms. The van der Waals surface area contributed by atoms with E-state index in [9.17, 15) is 9.59 Å². The fourth-order valence-electron chi connectivity index (χ4n) is 5.57. The predicted octanol–water partition coefficient (Wildman–Crippen LogP) is 7.35. The molecular formula is C38H40N3O4SSe. The second-order valence-corrected chi connectivity index (χ2v) is 14.2. The number of aliphatic imine (C=N–C) groups is 1. The quantitative estimate of drug-likeness (QED) is 0.0860. The summed E-state index contributed by atoms with van der Waals surface area (Å²) in [5.41, 5.74) is 6.79. The number of carbonyl (C=O) groups excluding carboxylic acids is 2. The van der Waals surface area contributed by atoms with E-state index in [-0.39, 0.29) is 37.1 Å². The van der Waals surface area contributed by atoms with Gasteiger partial charge in [0.1, 0.15) is 0 Å². The molecule has 2 N–H and O–H groups in total. The van der Waals surface area contributed by atoms with E-state index >= 15 is 0 Å². The predicted molar refractivity (Wildman–Crippen MR) is 191 cm³/mol. The Bertz CT molecular complexity index is 1610. The Morgan fingerprint density at radius 2 is 1.32 bits per heavy atom. The van der Waals surface area contributed by atoms with Crippen molar-refractivity contribution < 1.29 is 19.1 Å². The molecule has 0 spiro atoms. The average Bonchev–Trinajstić information content (AvgIpc) is 3.41. The summed E-state index contributed by atoms with van der Waals surface area (Å²) in [6.45, 7) is 4.99. The number of rotatable bonds is 13. The molecule has 0 aliphatic heterocycles. The molecule has 0 bridgehead atoms. The second kappa shape index (κ2) is 17.2. The summed E-state index contributed by atoms with van der Waals surface area (Å²) in [4.78, 5) is 30.4. The molecule has 1 radical (unpaired) electrons. The van der Waals surface area contributed by atoms with Crippen LogP contribution < -0.4 is 10.6 Å². The number of amides is 2. The van der Waals surface area contributed by atoms with Gasteiger partial charge in [0.2, 0.25) is 0 Å². The topological polar surface area (TPSA) is 89.0 Å². The van der Waals surface area contributed by atoms with Crippen LogP contribution in [0, 0.1) is 5.92 Å². The maximum absolute atomic E-state index is 13.0. The zero-order chi connectivity index (χ0) is 33.0. The molecule has 7 nitrogen and oxygen atoms in total. The van der Waals surface area contributed by atoms with Gasteiger partial charge < -0.3 is 0 Å². The van der Waals surface area contributed by atoms with Crippen molar-refractivity contribution in [2.45, 2.75) is 44.9 Å². The summed E-state index contributed by atoms with van der Waals surface area (Å²) >= 11 is 4.58. The molecule has 0 fully saturated rings. The molecule has 4 aromatic rings. The van der Waals surface area contributed by atoms with Crippen LogP contribution in [-0.4, -0.2) is 63.1 Å². The van der Waals surface area contributed by atoms with Crippen molar-refractivity contribution in [3.05, 3.63) is 131 Å². The van der Waals surface area contributed by atoms with Gasteiger partial charge in [-0.1, -0.05) is 12.1 Å². The second-order valence-electron chi connectivity index (χ2n) is 11.8. The van der Waals surface area contributed by atoms with Gasteiger partial charge in [0, 0.05) is 0 Å². The average molecular weight is 714 g/mol. The van der Waals surface area contributed by atoms with E-state index < -0.39 is 12.2 Å². The number of alkyl carbamates (subject to hydrolysis) is 2. The molecule has 0 aromatic heterocycles. The van der Waals surface area contributed by atoms with Crippen LogP contribution in [0.4, 0.5) is 9.59 Å². The summed E-state index contributed by atoms with van der Waals surface area (Å²) in [5.74, 6) is 0.809. The van der Waals surface area contributed by atoms with Crippen molar-refractivity contribution in [3.63, 3.8) is 0 Å². The molecule has 2 amide bonds. The van der Waals surface area contributed by atoms with Crippen molar-refractivity contribution in [3.8, 4) is 11.1 Å². The number of carbonyl (C=O) groups is 2. The van der Waals surface area contributed by atoms with E-state index in [1.54, 1.807) is 0 Å². The number of nitrogens with one attached hydrogen (secondary N) is 2. The van der Waals surface area contributed by atoms with Gasteiger partial charge >= 0.3 is 279 Å². The third-order valence-corrected chi connectivity index (χ3v) is 10.1. The van der Waals surface area contributed by atoms with Crippen LogP contribution in [0.5, 0.6) is 0 Å². The molecule has 47 heavy (non-hydrogen) atoms. The molecule has 1 aliphatic rings. The first-order valence-electron chi connectivity index (χ1n) is 15.8. The van der Waals surface area contributed by atoms with Crippen LogP contribution in [0.3, 0.4) is 0 Å². The van der Waals surface area contributed by atoms with E-state index in [2.05, 4.69) is 64.8 Å². The molecule has 2 atom stereocenters. The fraction of sp³-hybridized carbons (Fsp3) is 0.289. The zero-order valence-corrected chi connectivity index (χ0v) is 29.2. The van der Waals surface area contributed by atoms with Gasteiger partial charge in [-0.2, -0.15) is 0 Å². The normalized spacial score (nSPS) is 13.7. The Hall–Kier alpha value is -4.04. The van der Waals surface area contributed by atoms with Gasteiger partial charge in [0.05, 0.1) is 0 Å². The minimum atomic E-state index is -0.480. The van der Waals surface area contributed by atoms with Crippen molar-refractivity contribution in [2.75, 3.05) is 18.9 Å². The molecular weight excluding hydrogens is 673 g/mol. The Morgan fingerprint density at radius 3 is 1.94 bits per heavy atom. The minimum absolute atomic E-state index is 0.0112. The Labute approximate surface area is 289 Å². The molecule has 0 heterocycles. The fourth-order valence-corrected chi connectivity index (χ4v) is 7.12. The van der Waals surface area contributed by atoms with Crippen LogP contribution in [0.25, 0.3) is 11.1 Å². The Balaban J connectivity index is 1.13. The number of hydrogen-bond donors (Lipinski definition) is 2. The number of fused-ring (bicyclic) bond motifs is 3. The number of thioether (sulfide) groups is 1. The molecule has 1 aliphatic carbocycles. The van der Waals surface area contributed by atoms with Crippen molar-refractivity contribution in [1.29, 1.82) is 0 Å². The van der Waals surface area contributed by atoms with E-state index in [0.717, 1.165) is 15.1 Å². The van der Waals surface area contributed by atoms with Gasteiger partial charge in [-0.3, -0.25) is 0 Å². The van der Waals surface area contributed by atoms with Gasteiger partial charge in [0.15, 0.2) is 0 Å².